The summed E-state index contributed by atoms with van der Waals surface area (Å²) < 4.78 is 9.96. The Hall–Kier alpha value is -0.541. The van der Waals surface area contributed by atoms with E-state index in [1.807, 2.05) is 13.8 Å². The first-order valence-electron chi connectivity index (χ1n) is 4.84. The van der Waals surface area contributed by atoms with Crippen LogP contribution in [-0.2, 0) is 19.1 Å². The van der Waals surface area contributed by atoms with Crippen LogP contribution in [0.25, 0.3) is 0 Å². The van der Waals surface area contributed by atoms with Gasteiger partial charge in [-0.05, 0) is 0 Å². The number of carbonyl (C=O) groups is 2. The molecule has 0 saturated carbocycles. The van der Waals surface area contributed by atoms with Gasteiger partial charge >= 0.3 is 96.5 Å². The molecule has 0 aromatic heterocycles. The van der Waals surface area contributed by atoms with Gasteiger partial charge in [-0.1, -0.05) is 0 Å². The summed E-state index contributed by atoms with van der Waals surface area (Å²) >= 11 is 0.337. The van der Waals surface area contributed by atoms with Gasteiger partial charge in [-0.2, -0.15) is 0 Å². The molecule has 0 rings (SSSR count). The Kier molecular flexibility index (Phi) is 7.43. The second-order valence-electron chi connectivity index (χ2n) is 3.38. The second-order valence-corrected chi connectivity index (χ2v) is 5.63. The topological polar surface area (TPSA) is 52.6 Å². The Bertz CT molecular complexity index is 195. The molecule has 0 aliphatic rings. The quantitative estimate of drug-likeness (QED) is 0.546. The number of esters is 2. The van der Waals surface area contributed by atoms with Crippen LogP contribution >= 0.6 is 0 Å². The number of hydrogen-bond donors (Lipinski definition) is 0. The fraction of sp³-hybridized carbons (Fsp3) is 0.800. The molecule has 0 N–H and O–H groups in total. The molecule has 0 aromatic rings. The molecule has 88 valence electrons. The van der Waals surface area contributed by atoms with Gasteiger partial charge in [0.15, 0.2) is 0 Å². The zero-order valence-electron chi connectivity index (χ0n) is 9.61. The SMILES string of the molecule is CC(=O)OC(C)C[Se]CC(C)OC(C)=O. The van der Waals surface area contributed by atoms with E-state index in [0.717, 1.165) is 10.6 Å². The van der Waals surface area contributed by atoms with Crippen LogP contribution in [0.3, 0.4) is 0 Å². The third-order valence-electron chi connectivity index (χ3n) is 1.44. The first-order chi connectivity index (χ1) is 6.91. The van der Waals surface area contributed by atoms with E-state index in [1.165, 1.54) is 13.8 Å². The van der Waals surface area contributed by atoms with E-state index in [9.17, 15) is 9.59 Å². The van der Waals surface area contributed by atoms with Crippen molar-refractivity contribution in [2.24, 2.45) is 0 Å². The van der Waals surface area contributed by atoms with E-state index < -0.39 is 0 Å². The molecule has 0 saturated heterocycles. The third kappa shape index (κ3) is 9.76. The standard InChI is InChI=1S/C10H18O4Se/c1-7(13-9(3)11)5-15-6-8(2)14-10(4)12/h7-8H,5-6H2,1-4H3. The molecule has 0 fully saturated rings. The molecule has 0 radical (unpaired) electrons. The van der Waals surface area contributed by atoms with Crippen molar-refractivity contribution in [1.29, 1.82) is 0 Å². The Labute approximate surface area is 96.9 Å². The zero-order chi connectivity index (χ0) is 11.8. The van der Waals surface area contributed by atoms with E-state index in [1.54, 1.807) is 0 Å². The zero-order valence-corrected chi connectivity index (χ0v) is 11.3. The second kappa shape index (κ2) is 7.71. The fourth-order valence-corrected chi connectivity index (χ4v) is 3.00. The molecular formula is C10H18O4Se. The normalized spacial score (nSPS) is 14.1. The average Bonchev–Trinajstić information content (AvgIpc) is 2.00. The Balaban J connectivity index is 3.52. The molecule has 0 aliphatic heterocycles. The number of hydrogen-bond acceptors (Lipinski definition) is 4. The molecule has 15 heavy (non-hydrogen) atoms. The van der Waals surface area contributed by atoms with Crippen LogP contribution in [0.4, 0.5) is 0 Å². The first kappa shape index (κ1) is 14.5. The molecule has 0 bridgehead atoms. The maximum atomic E-state index is 10.6. The number of carbonyl (C=O) groups excluding carboxylic acids is 2. The molecule has 0 aliphatic carbocycles. The van der Waals surface area contributed by atoms with Crippen molar-refractivity contribution >= 4 is 26.9 Å². The summed E-state index contributed by atoms with van der Waals surface area (Å²) in [5, 5.41) is 1.72. The summed E-state index contributed by atoms with van der Waals surface area (Å²) in [5.74, 6) is -0.488. The fourth-order valence-electron chi connectivity index (χ4n) is 1.03. The van der Waals surface area contributed by atoms with Crippen LogP contribution in [0.15, 0.2) is 0 Å². The maximum absolute atomic E-state index is 10.6. The number of ether oxygens (including phenoxy) is 2. The van der Waals surface area contributed by atoms with Crippen molar-refractivity contribution in [2.75, 3.05) is 0 Å². The van der Waals surface area contributed by atoms with E-state index >= 15 is 0 Å². The molecule has 0 heterocycles. The molecule has 5 heteroatoms. The van der Waals surface area contributed by atoms with E-state index in [2.05, 4.69) is 0 Å². The molecule has 0 spiro atoms. The van der Waals surface area contributed by atoms with Gasteiger partial charge in [-0.3, -0.25) is 0 Å². The molecule has 4 nitrogen and oxygen atoms in total. The van der Waals surface area contributed by atoms with E-state index in [4.69, 9.17) is 9.47 Å². The summed E-state index contributed by atoms with van der Waals surface area (Å²) in [7, 11) is 0. The van der Waals surface area contributed by atoms with E-state index in [0.29, 0.717) is 15.0 Å². The van der Waals surface area contributed by atoms with Gasteiger partial charge in [0, 0.05) is 0 Å². The first-order valence-corrected chi connectivity index (χ1v) is 7.26. The van der Waals surface area contributed by atoms with Gasteiger partial charge in [-0.25, -0.2) is 0 Å². The summed E-state index contributed by atoms with van der Waals surface area (Å²) in [4.78, 5) is 21.2. The Morgan fingerprint density at radius 2 is 1.33 bits per heavy atom. The van der Waals surface area contributed by atoms with Crippen LogP contribution in [0, 0.1) is 0 Å². The monoisotopic (exact) mass is 282 g/mol. The van der Waals surface area contributed by atoms with Gasteiger partial charge in [0.05, 0.1) is 0 Å². The van der Waals surface area contributed by atoms with Gasteiger partial charge in [0.2, 0.25) is 0 Å². The summed E-state index contributed by atoms with van der Waals surface area (Å²) in [6, 6.07) is 0. The molecule has 0 amide bonds. The van der Waals surface area contributed by atoms with Crippen molar-refractivity contribution < 1.29 is 19.1 Å². The average molecular weight is 281 g/mol. The predicted molar refractivity (Wildman–Crippen MR) is 57.8 cm³/mol. The van der Waals surface area contributed by atoms with Gasteiger partial charge in [-0.15, -0.1) is 0 Å². The van der Waals surface area contributed by atoms with Crippen molar-refractivity contribution in [1.82, 2.24) is 0 Å². The molecule has 0 aromatic carbocycles. The molecular weight excluding hydrogens is 263 g/mol. The summed E-state index contributed by atoms with van der Waals surface area (Å²) in [6.45, 7) is 6.56. The summed E-state index contributed by atoms with van der Waals surface area (Å²) in [6.07, 6.45) is -0.0703. The third-order valence-corrected chi connectivity index (χ3v) is 4.40. The Morgan fingerprint density at radius 3 is 1.60 bits per heavy atom. The summed E-state index contributed by atoms with van der Waals surface area (Å²) in [5.41, 5.74) is 0. The van der Waals surface area contributed by atoms with Crippen LogP contribution < -0.4 is 0 Å². The molecule has 2 atom stereocenters. The van der Waals surface area contributed by atoms with Crippen molar-refractivity contribution in [3.05, 3.63) is 0 Å². The van der Waals surface area contributed by atoms with Gasteiger partial charge < -0.3 is 0 Å². The predicted octanol–water partition coefficient (Wildman–Crippen LogP) is 1.43. The Morgan fingerprint density at radius 1 is 1.00 bits per heavy atom. The van der Waals surface area contributed by atoms with E-state index in [-0.39, 0.29) is 24.1 Å². The van der Waals surface area contributed by atoms with Crippen molar-refractivity contribution in [3.63, 3.8) is 0 Å². The van der Waals surface area contributed by atoms with Crippen LogP contribution in [-0.4, -0.2) is 39.1 Å². The van der Waals surface area contributed by atoms with Crippen LogP contribution in [0.2, 0.25) is 10.6 Å². The van der Waals surface area contributed by atoms with Crippen LogP contribution in [0.5, 0.6) is 0 Å². The van der Waals surface area contributed by atoms with Crippen LogP contribution in [0.1, 0.15) is 27.7 Å². The number of rotatable bonds is 6. The van der Waals surface area contributed by atoms with Gasteiger partial charge in [0.25, 0.3) is 0 Å². The minimum absolute atomic E-state index is 0.0352. The molecule has 2 unspecified atom stereocenters. The van der Waals surface area contributed by atoms with Crippen molar-refractivity contribution in [3.8, 4) is 0 Å². The minimum atomic E-state index is -0.244. The van der Waals surface area contributed by atoms with Crippen molar-refractivity contribution in [2.45, 2.75) is 50.5 Å². The van der Waals surface area contributed by atoms with Gasteiger partial charge in [0.1, 0.15) is 0 Å².